The number of aromatic nitrogens is 1. The molecule has 5 aliphatic rings. The summed E-state index contributed by atoms with van der Waals surface area (Å²) in [6.45, 7) is 0. The second-order valence-electron chi connectivity index (χ2n) is 18.1. The highest BCUT2D eigenvalue weighted by atomic mass is 16.3. The zero-order chi connectivity index (χ0) is 41.9. The van der Waals surface area contributed by atoms with Crippen molar-refractivity contribution in [1.29, 1.82) is 0 Å². The molecule has 3 nitrogen and oxygen atoms in total. The zero-order valence-electron chi connectivity index (χ0n) is 35.5. The monoisotopic (exact) mass is 820 g/mol. The van der Waals surface area contributed by atoms with E-state index in [4.69, 9.17) is 4.42 Å². The molecule has 0 saturated carbocycles. The van der Waals surface area contributed by atoms with Crippen LogP contribution in [0.3, 0.4) is 0 Å². The van der Waals surface area contributed by atoms with Crippen LogP contribution in [-0.2, 0) is 11.8 Å². The minimum absolute atomic E-state index is 0.297. The van der Waals surface area contributed by atoms with Crippen molar-refractivity contribution in [3.63, 3.8) is 0 Å². The third-order valence-electron chi connectivity index (χ3n) is 14.9. The predicted molar refractivity (Wildman–Crippen MR) is 265 cm³/mol. The Morgan fingerprint density at radius 2 is 1.38 bits per heavy atom. The lowest BCUT2D eigenvalue weighted by Gasteiger charge is -2.36. The number of fused-ring (bicyclic) bond motifs is 15. The van der Waals surface area contributed by atoms with Crippen LogP contribution in [0.25, 0.3) is 61.2 Å². The van der Waals surface area contributed by atoms with E-state index in [-0.39, 0.29) is 5.41 Å². The molecule has 14 rings (SSSR count). The normalized spacial score (nSPS) is 19.0. The summed E-state index contributed by atoms with van der Waals surface area (Å²) in [5, 5.41) is 3.69. The van der Waals surface area contributed by atoms with Gasteiger partial charge in [-0.3, -0.25) is 0 Å². The Morgan fingerprint density at radius 1 is 0.594 bits per heavy atom. The number of benzene rings is 7. The third-order valence-corrected chi connectivity index (χ3v) is 14.9. The van der Waals surface area contributed by atoms with Gasteiger partial charge in [0, 0.05) is 51.1 Å². The number of furan rings is 1. The molecule has 64 heavy (non-hydrogen) atoms. The summed E-state index contributed by atoms with van der Waals surface area (Å²) in [6, 6.07) is 58.9. The molecule has 304 valence electrons. The summed E-state index contributed by atoms with van der Waals surface area (Å²) in [5.74, 6) is 1.45. The number of para-hydroxylation sites is 3. The van der Waals surface area contributed by atoms with Gasteiger partial charge in [-0.2, -0.15) is 0 Å². The van der Waals surface area contributed by atoms with Crippen molar-refractivity contribution in [2.24, 2.45) is 0 Å². The van der Waals surface area contributed by atoms with Crippen LogP contribution in [0.15, 0.2) is 210 Å². The van der Waals surface area contributed by atoms with Gasteiger partial charge in [0.1, 0.15) is 5.76 Å². The Kier molecular flexibility index (Phi) is 7.68. The van der Waals surface area contributed by atoms with Crippen molar-refractivity contribution in [2.75, 3.05) is 4.90 Å². The van der Waals surface area contributed by atoms with Crippen molar-refractivity contribution in [3.8, 4) is 16.8 Å². The topological polar surface area (TPSA) is 21.3 Å². The van der Waals surface area contributed by atoms with Crippen LogP contribution in [0.5, 0.6) is 0 Å². The fourth-order valence-corrected chi connectivity index (χ4v) is 12.3. The van der Waals surface area contributed by atoms with Gasteiger partial charge in [0.2, 0.25) is 0 Å². The number of hydrogen-bond donors (Lipinski definition) is 0. The standard InChI is InChI=1S/C61H44N2O/c1-2-15-41(16-3-1)63-56-26-12-7-20-48(56)49-35-31-40(37-58(49)63)39-29-32-42(33-30-39)62(57-27-14-22-51-50-21-8-13-28-59(50)64-60(51)57)43-34-36-47-46-19-6-11-25-54(46)61(55(47)38-43)52-23-9-4-17-44(52)45-18-5-10-24-53(45)61/h1-10,12,14-17,19-24,26-27,29-38,45H,11,13,18,25,28H2. The van der Waals surface area contributed by atoms with Crippen LogP contribution in [0, 0.1) is 0 Å². The smallest absolute Gasteiger partial charge is 0.158 e. The Hall–Kier alpha value is -7.62. The highest BCUT2D eigenvalue weighted by Crippen LogP contribution is 2.66. The van der Waals surface area contributed by atoms with Gasteiger partial charge in [0.25, 0.3) is 0 Å². The first kappa shape index (κ1) is 35.9. The van der Waals surface area contributed by atoms with E-state index in [0.29, 0.717) is 5.92 Å². The number of hydrogen-bond acceptors (Lipinski definition) is 2. The van der Waals surface area contributed by atoms with E-state index in [1.165, 1.54) is 77.3 Å². The van der Waals surface area contributed by atoms with Gasteiger partial charge < -0.3 is 13.9 Å². The SMILES string of the molecule is C1=CCC2C(=C1)C1(C3=C(C=CCC3)c3ccc(N(c4ccc(-c5ccc6c7ccccc7n(-c7ccccc7)c6c5)cc4)c4cccc5c6c(oc45)CCC=C6)cc31)c1ccccc12. The summed E-state index contributed by atoms with van der Waals surface area (Å²) >= 11 is 0. The number of anilines is 3. The van der Waals surface area contributed by atoms with E-state index in [1.807, 2.05) is 0 Å². The zero-order valence-corrected chi connectivity index (χ0v) is 35.5. The second-order valence-corrected chi connectivity index (χ2v) is 18.1. The van der Waals surface area contributed by atoms with Gasteiger partial charge in [0.05, 0.1) is 22.1 Å². The van der Waals surface area contributed by atoms with Gasteiger partial charge in [0.15, 0.2) is 5.58 Å². The van der Waals surface area contributed by atoms with Gasteiger partial charge in [-0.25, -0.2) is 0 Å². The van der Waals surface area contributed by atoms with Crippen LogP contribution in [0.1, 0.15) is 65.2 Å². The molecule has 0 radical (unpaired) electrons. The molecular weight excluding hydrogens is 777 g/mol. The minimum Gasteiger partial charge on any atom is -0.458 e. The molecule has 5 aliphatic carbocycles. The Bertz CT molecular complexity index is 3590. The molecule has 3 heteroatoms. The largest absolute Gasteiger partial charge is 0.458 e. The Balaban J connectivity index is 0.961. The molecule has 0 bridgehead atoms. The molecule has 2 unspecified atom stereocenters. The van der Waals surface area contributed by atoms with Gasteiger partial charge in [-0.1, -0.05) is 146 Å². The van der Waals surface area contributed by atoms with Crippen molar-refractivity contribution < 1.29 is 4.42 Å². The van der Waals surface area contributed by atoms with Crippen LogP contribution in [0.4, 0.5) is 17.1 Å². The van der Waals surface area contributed by atoms with Crippen LogP contribution in [0.2, 0.25) is 0 Å². The van der Waals surface area contributed by atoms with E-state index in [0.717, 1.165) is 66.2 Å². The van der Waals surface area contributed by atoms with E-state index in [9.17, 15) is 0 Å². The molecule has 1 spiro atoms. The fraction of sp³-hybridized carbons (Fsp3) is 0.115. The van der Waals surface area contributed by atoms with Gasteiger partial charge in [-0.05, 0) is 130 Å². The van der Waals surface area contributed by atoms with Crippen LogP contribution < -0.4 is 4.90 Å². The van der Waals surface area contributed by atoms with E-state index in [1.54, 1.807) is 5.57 Å². The lowest BCUT2D eigenvalue weighted by molar-refractivity contribution is 0.546. The molecule has 2 aromatic heterocycles. The average Bonchev–Trinajstić information content (AvgIpc) is 4.08. The summed E-state index contributed by atoms with van der Waals surface area (Å²) in [7, 11) is 0. The minimum atomic E-state index is -0.297. The lowest BCUT2D eigenvalue weighted by Crippen LogP contribution is -2.29. The van der Waals surface area contributed by atoms with Crippen molar-refractivity contribution in [2.45, 2.75) is 43.4 Å². The molecular formula is C61H44N2O. The third kappa shape index (κ3) is 4.92. The molecule has 0 saturated heterocycles. The van der Waals surface area contributed by atoms with Crippen molar-refractivity contribution >= 4 is 61.5 Å². The number of rotatable bonds is 5. The summed E-state index contributed by atoms with van der Waals surface area (Å²) in [6.07, 6.45) is 21.5. The van der Waals surface area contributed by atoms with Gasteiger partial charge >= 0.3 is 0 Å². The van der Waals surface area contributed by atoms with E-state index < -0.39 is 0 Å². The van der Waals surface area contributed by atoms with Crippen LogP contribution in [-0.4, -0.2) is 4.57 Å². The lowest BCUT2D eigenvalue weighted by atomic mass is 9.66. The molecule has 9 aromatic rings. The first-order valence-electron chi connectivity index (χ1n) is 23.0. The summed E-state index contributed by atoms with van der Waals surface area (Å²) in [4.78, 5) is 2.45. The molecule has 0 N–H and O–H groups in total. The average molecular weight is 821 g/mol. The van der Waals surface area contributed by atoms with E-state index in [2.05, 4.69) is 210 Å². The molecule has 2 heterocycles. The number of aryl methyl sites for hydroxylation is 1. The molecule has 0 amide bonds. The van der Waals surface area contributed by atoms with Crippen molar-refractivity contribution in [3.05, 3.63) is 239 Å². The highest BCUT2D eigenvalue weighted by Gasteiger charge is 2.55. The highest BCUT2D eigenvalue weighted by molar-refractivity contribution is 6.10. The maximum absolute atomic E-state index is 6.90. The van der Waals surface area contributed by atoms with Crippen LogP contribution >= 0.6 is 0 Å². The molecule has 0 aliphatic heterocycles. The fourth-order valence-electron chi connectivity index (χ4n) is 12.3. The van der Waals surface area contributed by atoms with Crippen molar-refractivity contribution in [1.82, 2.24) is 4.57 Å². The first-order chi connectivity index (χ1) is 31.8. The maximum atomic E-state index is 6.90. The molecule has 2 atom stereocenters. The molecule has 7 aromatic carbocycles. The number of allylic oxidation sites excluding steroid dienone is 9. The molecule has 0 fully saturated rings. The summed E-state index contributed by atoms with van der Waals surface area (Å²) < 4.78 is 9.30. The van der Waals surface area contributed by atoms with Gasteiger partial charge in [-0.15, -0.1) is 0 Å². The first-order valence-corrected chi connectivity index (χ1v) is 23.0. The second kappa shape index (κ2) is 13.7. The predicted octanol–water partition coefficient (Wildman–Crippen LogP) is 16.0. The maximum Gasteiger partial charge on any atom is 0.158 e. The number of nitrogens with zero attached hydrogens (tertiary/aromatic N) is 2. The Morgan fingerprint density at radius 3 is 2.31 bits per heavy atom. The quantitative estimate of drug-likeness (QED) is 0.172. The van der Waals surface area contributed by atoms with E-state index >= 15 is 0 Å². The summed E-state index contributed by atoms with van der Waals surface area (Å²) in [5.41, 5.74) is 21.3. The Labute approximate surface area is 372 Å².